The van der Waals surface area contributed by atoms with Crippen LogP contribution in [0.5, 0.6) is 0 Å². The highest BCUT2D eigenvalue weighted by atomic mass is 31.2. The number of aliphatic hydroxyl groups is 1. The number of carbonyl (C=O) groups is 4. The molecule has 0 amide bonds. The van der Waals surface area contributed by atoms with Gasteiger partial charge in [0.25, 0.3) is 0 Å². The zero-order chi connectivity index (χ0) is 78.3. The molecule has 0 aliphatic carbocycles. The summed E-state index contributed by atoms with van der Waals surface area (Å²) in [4.78, 5) is 73.3. The lowest BCUT2D eigenvalue weighted by atomic mass is 10.0. The summed E-state index contributed by atoms with van der Waals surface area (Å²) in [7, 11) is -9.93. The Bertz CT molecular complexity index is 2030. The molecule has 19 heteroatoms. The van der Waals surface area contributed by atoms with E-state index in [2.05, 4.69) is 34.6 Å². The van der Waals surface area contributed by atoms with Gasteiger partial charge in [0.05, 0.1) is 26.4 Å². The van der Waals surface area contributed by atoms with Crippen molar-refractivity contribution in [2.75, 3.05) is 39.6 Å². The predicted octanol–water partition coefficient (Wildman–Crippen LogP) is 27.2. The van der Waals surface area contributed by atoms with E-state index in [0.29, 0.717) is 25.7 Å². The van der Waals surface area contributed by atoms with Crippen LogP contribution in [0.2, 0.25) is 0 Å². The van der Waals surface area contributed by atoms with E-state index < -0.39 is 97.5 Å². The summed E-state index contributed by atoms with van der Waals surface area (Å²) in [6.45, 7) is 7.43. The first-order valence-corrected chi connectivity index (χ1v) is 48.6. The van der Waals surface area contributed by atoms with Crippen LogP contribution in [-0.2, 0) is 65.4 Å². The molecule has 0 fully saturated rings. The molecule has 0 saturated heterocycles. The molecule has 0 aromatic heterocycles. The number of phosphoric acid groups is 2. The summed E-state index contributed by atoms with van der Waals surface area (Å²) in [5, 5.41) is 10.7. The number of ether oxygens (including phenoxy) is 4. The smallest absolute Gasteiger partial charge is 0.462 e. The third kappa shape index (κ3) is 81.9. The molecule has 3 N–H and O–H groups in total. The fourth-order valence-corrected chi connectivity index (χ4v) is 15.4. The molecule has 5 atom stereocenters. The van der Waals surface area contributed by atoms with Crippen LogP contribution in [0.3, 0.4) is 0 Å². The average molecular weight is 1560 g/mol. The van der Waals surface area contributed by atoms with Crippen LogP contribution in [0.15, 0.2) is 0 Å². The van der Waals surface area contributed by atoms with Gasteiger partial charge in [-0.25, -0.2) is 9.13 Å². The fraction of sp³-hybridized carbons (Fsp3) is 0.955. The molecule has 0 rings (SSSR count). The quantitative estimate of drug-likeness (QED) is 0.0222. The second-order valence-corrected chi connectivity index (χ2v) is 35.0. The van der Waals surface area contributed by atoms with Crippen molar-refractivity contribution in [3.05, 3.63) is 0 Å². The van der Waals surface area contributed by atoms with Gasteiger partial charge >= 0.3 is 39.5 Å². The molecule has 636 valence electrons. The van der Waals surface area contributed by atoms with Gasteiger partial charge in [0.2, 0.25) is 0 Å². The van der Waals surface area contributed by atoms with Crippen LogP contribution in [0.1, 0.15) is 478 Å². The number of hydrogen-bond donors (Lipinski definition) is 3. The maximum absolute atomic E-state index is 13.2. The van der Waals surface area contributed by atoms with Crippen LogP contribution < -0.4 is 0 Å². The molecule has 0 bridgehead atoms. The monoisotopic (exact) mass is 1560 g/mol. The van der Waals surface area contributed by atoms with Gasteiger partial charge in [0, 0.05) is 25.7 Å². The minimum atomic E-state index is -4.97. The van der Waals surface area contributed by atoms with Crippen molar-refractivity contribution in [1.29, 1.82) is 0 Å². The Morgan fingerprint density at radius 3 is 0.636 bits per heavy atom. The first kappa shape index (κ1) is 105. The summed E-state index contributed by atoms with van der Waals surface area (Å²) in [6.07, 6.45) is 74.9. The van der Waals surface area contributed by atoms with Gasteiger partial charge in [-0.1, -0.05) is 426 Å². The van der Waals surface area contributed by atoms with Gasteiger partial charge in [-0.2, -0.15) is 0 Å². The number of carbonyl (C=O) groups excluding carboxylic acids is 4. The third-order valence-corrected chi connectivity index (χ3v) is 22.7. The van der Waals surface area contributed by atoms with Gasteiger partial charge < -0.3 is 33.8 Å². The predicted molar refractivity (Wildman–Crippen MR) is 442 cm³/mol. The zero-order valence-corrected chi connectivity index (χ0v) is 72.1. The fourth-order valence-electron chi connectivity index (χ4n) is 13.8. The highest BCUT2D eigenvalue weighted by molar-refractivity contribution is 7.47. The summed E-state index contributed by atoms with van der Waals surface area (Å²) in [6, 6.07) is 0. The Morgan fingerprint density at radius 1 is 0.252 bits per heavy atom. The van der Waals surface area contributed by atoms with Crippen LogP contribution >= 0.6 is 15.6 Å². The van der Waals surface area contributed by atoms with E-state index in [4.69, 9.17) is 37.0 Å². The Morgan fingerprint density at radius 2 is 0.430 bits per heavy atom. The Labute approximate surface area is 658 Å². The minimum Gasteiger partial charge on any atom is -0.462 e. The standard InChI is InChI=1S/C88H172O17P2/c1-6-9-12-15-18-21-24-27-29-33-38-42-47-52-57-62-67-72-86(91)99-78-84(105-88(93)74-69-64-59-54-49-44-39-35-32-31-34-36-41-45-50-55-60-65-70-81(4)5)80-103-107(96,97)101-76-82(89)75-100-106(94,95)102-79-83(77-98-85(90)71-66-61-56-51-46-40-26-23-20-17-14-11-8-3)104-87(92)73-68-63-58-53-48-43-37-30-28-25-22-19-16-13-10-7-2/h81-84,89H,6-80H2,1-5H3,(H,94,95)(H,96,97)/t82-,83+,84+/m0/s1. The molecule has 0 radical (unpaired) electrons. The maximum Gasteiger partial charge on any atom is 0.472 e. The summed E-state index contributed by atoms with van der Waals surface area (Å²) >= 11 is 0. The molecule has 0 spiro atoms. The largest absolute Gasteiger partial charge is 0.472 e. The number of esters is 4. The van der Waals surface area contributed by atoms with Crippen molar-refractivity contribution in [3.8, 4) is 0 Å². The van der Waals surface area contributed by atoms with Crippen LogP contribution in [0.25, 0.3) is 0 Å². The molecular formula is C88H172O17P2. The summed E-state index contributed by atoms with van der Waals surface area (Å²) in [5.41, 5.74) is 0. The second kappa shape index (κ2) is 80.7. The SMILES string of the molecule is CCCCCCCCCCCCCCCCCCCC(=O)OC[C@H](COP(=O)(O)OC[C@@H](O)COP(=O)(O)OC[C@@H](COC(=O)CCCCCCCCCCCCCCC)OC(=O)CCCCCCCCCCCCCCCCCC)OC(=O)CCCCCCCCCCCCCCCCCCCCC(C)C. The van der Waals surface area contributed by atoms with Gasteiger partial charge in [-0.15, -0.1) is 0 Å². The van der Waals surface area contributed by atoms with E-state index in [9.17, 15) is 43.2 Å². The van der Waals surface area contributed by atoms with Crippen LogP contribution in [0, 0.1) is 5.92 Å². The van der Waals surface area contributed by atoms with Gasteiger partial charge in [-0.3, -0.25) is 37.3 Å². The van der Waals surface area contributed by atoms with Crippen molar-refractivity contribution in [2.45, 2.75) is 496 Å². The molecule has 0 heterocycles. The van der Waals surface area contributed by atoms with E-state index >= 15 is 0 Å². The van der Waals surface area contributed by atoms with E-state index in [0.717, 1.165) is 95.8 Å². The lowest BCUT2D eigenvalue weighted by molar-refractivity contribution is -0.161. The Hall–Kier alpha value is -1.94. The van der Waals surface area contributed by atoms with Crippen LogP contribution in [-0.4, -0.2) is 96.7 Å². The highest BCUT2D eigenvalue weighted by Gasteiger charge is 2.30. The molecule has 2 unspecified atom stereocenters. The second-order valence-electron chi connectivity index (χ2n) is 32.1. The van der Waals surface area contributed by atoms with Gasteiger partial charge in [0.1, 0.15) is 19.3 Å². The number of rotatable bonds is 88. The van der Waals surface area contributed by atoms with Crippen LogP contribution in [0.4, 0.5) is 0 Å². The molecular weight excluding hydrogens is 1390 g/mol. The van der Waals surface area contributed by atoms with E-state index in [1.165, 1.54) is 302 Å². The Kier molecular flexibility index (Phi) is 79.2. The van der Waals surface area contributed by atoms with E-state index in [-0.39, 0.29) is 25.7 Å². The van der Waals surface area contributed by atoms with Crippen molar-refractivity contribution in [1.82, 2.24) is 0 Å². The van der Waals surface area contributed by atoms with E-state index in [1.807, 2.05) is 0 Å². The number of aliphatic hydroxyl groups excluding tert-OH is 1. The topological polar surface area (TPSA) is 237 Å². The molecule has 0 aromatic carbocycles. The number of phosphoric ester groups is 2. The Balaban J connectivity index is 5.25. The van der Waals surface area contributed by atoms with E-state index in [1.54, 1.807) is 0 Å². The van der Waals surface area contributed by atoms with Crippen molar-refractivity contribution >= 4 is 39.5 Å². The average Bonchev–Trinajstić information content (AvgIpc) is 0.899. The van der Waals surface area contributed by atoms with Crippen molar-refractivity contribution < 1.29 is 80.2 Å². The normalized spacial score (nSPS) is 13.7. The molecule has 0 aromatic rings. The third-order valence-electron chi connectivity index (χ3n) is 20.8. The summed E-state index contributed by atoms with van der Waals surface area (Å²) < 4.78 is 69.0. The minimum absolute atomic E-state index is 0.109. The number of hydrogen-bond acceptors (Lipinski definition) is 15. The number of unbranched alkanes of at least 4 members (excludes halogenated alkanes) is 60. The first-order valence-electron chi connectivity index (χ1n) is 45.6. The summed E-state index contributed by atoms with van der Waals surface area (Å²) in [5.74, 6) is -1.27. The lowest BCUT2D eigenvalue weighted by Crippen LogP contribution is -2.30. The van der Waals surface area contributed by atoms with Gasteiger partial charge in [0.15, 0.2) is 12.2 Å². The first-order chi connectivity index (χ1) is 52.0. The van der Waals surface area contributed by atoms with Crippen molar-refractivity contribution in [3.63, 3.8) is 0 Å². The highest BCUT2D eigenvalue weighted by Crippen LogP contribution is 2.45. The molecule has 0 saturated carbocycles. The molecule has 107 heavy (non-hydrogen) atoms. The molecule has 0 aliphatic rings. The maximum atomic E-state index is 13.2. The molecule has 17 nitrogen and oxygen atoms in total. The van der Waals surface area contributed by atoms with Gasteiger partial charge in [-0.05, 0) is 31.6 Å². The lowest BCUT2D eigenvalue weighted by Gasteiger charge is -2.21. The molecule has 0 aliphatic heterocycles. The van der Waals surface area contributed by atoms with Crippen molar-refractivity contribution in [2.24, 2.45) is 5.92 Å². The zero-order valence-electron chi connectivity index (χ0n) is 70.3.